The quantitative estimate of drug-likeness (QED) is 0.690. The smallest absolute Gasteiger partial charge is 0.240 e. The molecule has 1 amide bonds. The maximum absolute atomic E-state index is 12.7. The molecule has 1 atom stereocenters. The zero-order valence-electron chi connectivity index (χ0n) is 14.5. The van der Waals surface area contributed by atoms with Crippen molar-refractivity contribution in [3.63, 3.8) is 0 Å². The fourth-order valence-electron chi connectivity index (χ4n) is 2.62. The van der Waals surface area contributed by atoms with Gasteiger partial charge in [0.25, 0.3) is 0 Å². The normalized spacial score (nSPS) is 13.5. The van der Waals surface area contributed by atoms with Crippen LogP contribution in [0.5, 0.6) is 5.75 Å². The van der Waals surface area contributed by atoms with E-state index in [0.717, 1.165) is 17.0 Å². The molecule has 2 rings (SSSR count). The number of nitrogens with two attached hydrogens (primary N) is 1. The molecule has 0 aliphatic rings. The highest BCUT2D eigenvalue weighted by Gasteiger charge is 2.37. The van der Waals surface area contributed by atoms with Crippen molar-refractivity contribution in [1.82, 2.24) is 15.3 Å². The van der Waals surface area contributed by atoms with Crippen LogP contribution in [0.25, 0.3) is 0 Å². The van der Waals surface area contributed by atoms with Crippen LogP contribution in [-0.2, 0) is 17.8 Å². The Balaban J connectivity index is 2.02. The standard InChI is InChI=1S/C18H26N4O2/c1-13(2)18(19,9-8-15-11-20-12-22-15)17(23)21-10-14-6-4-5-7-16(14)24-3/h4-7,11-13H,8-10,19H2,1-3H3,(H,20,22)(H,21,23)/t18-/m0/s1. The van der Waals surface area contributed by atoms with E-state index >= 15 is 0 Å². The van der Waals surface area contributed by atoms with Crippen LogP contribution in [0.1, 0.15) is 31.5 Å². The van der Waals surface area contributed by atoms with E-state index in [4.69, 9.17) is 10.5 Å². The number of carbonyl (C=O) groups is 1. The highest BCUT2D eigenvalue weighted by Crippen LogP contribution is 2.22. The average molecular weight is 330 g/mol. The number of H-pyrrole nitrogens is 1. The number of rotatable bonds is 8. The zero-order valence-corrected chi connectivity index (χ0v) is 14.5. The summed E-state index contributed by atoms with van der Waals surface area (Å²) in [6.07, 6.45) is 4.61. The van der Waals surface area contributed by atoms with E-state index in [2.05, 4.69) is 15.3 Å². The van der Waals surface area contributed by atoms with Crippen LogP contribution in [0.3, 0.4) is 0 Å². The lowest BCUT2D eigenvalue weighted by atomic mass is 9.82. The van der Waals surface area contributed by atoms with E-state index in [1.165, 1.54) is 0 Å². The molecule has 0 spiro atoms. The number of ether oxygens (including phenoxy) is 1. The molecule has 130 valence electrons. The van der Waals surface area contributed by atoms with Gasteiger partial charge in [-0.15, -0.1) is 0 Å². The molecule has 2 aromatic rings. The fraction of sp³-hybridized carbons (Fsp3) is 0.444. The molecular formula is C18H26N4O2. The van der Waals surface area contributed by atoms with Crippen molar-refractivity contribution in [2.24, 2.45) is 11.7 Å². The molecule has 1 aromatic heterocycles. The van der Waals surface area contributed by atoms with Crippen molar-refractivity contribution >= 4 is 5.91 Å². The number of aryl methyl sites for hydroxylation is 1. The predicted octanol–water partition coefficient (Wildman–Crippen LogP) is 2.02. The Morgan fingerprint density at radius 2 is 2.17 bits per heavy atom. The van der Waals surface area contributed by atoms with Gasteiger partial charge in [0, 0.05) is 24.0 Å². The Hall–Kier alpha value is -2.34. The van der Waals surface area contributed by atoms with Gasteiger partial charge in [0.15, 0.2) is 0 Å². The van der Waals surface area contributed by atoms with Crippen LogP contribution in [0.2, 0.25) is 0 Å². The van der Waals surface area contributed by atoms with Crippen LogP contribution < -0.4 is 15.8 Å². The second-order valence-corrected chi connectivity index (χ2v) is 6.27. The van der Waals surface area contributed by atoms with Gasteiger partial charge in [-0.25, -0.2) is 4.98 Å². The summed E-state index contributed by atoms with van der Waals surface area (Å²) in [6, 6.07) is 7.62. The van der Waals surface area contributed by atoms with Crippen molar-refractivity contribution in [3.05, 3.63) is 48.0 Å². The second-order valence-electron chi connectivity index (χ2n) is 6.27. The number of imidazole rings is 1. The lowest BCUT2D eigenvalue weighted by molar-refractivity contribution is -0.128. The first-order valence-corrected chi connectivity index (χ1v) is 8.13. The number of nitrogens with one attached hydrogen (secondary N) is 2. The largest absolute Gasteiger partial charge is 0.496 e. The minimum Gasteiger partial charge on any atom is -0.496 e. The van der Waals surface area contributed by atoms with Gasteiger partial charge in [0.2, 0.25) is 5.91 Å². The molecule has 0 saturated carbocycles. The number of hydrogen-bond acceptors (Lipinski definition) is 4. The first-order chi connectivity index (χ1) is 11.5. The Kier molecular flexibility index (Phi) is 5.98. The molecule has 24 heavy (non-hydrogen) atoms. The minimum absolute atomic E-state index is 0.0121. The van der Waals surface area contributed by atoms with Gasteiger partial charge in [-0.3, -0.25) is 4.79 Å². The predicted molar refractivity (Wildman–Crippen MR) is 93.5 cm³/mol. The van der Waals surface area contributed by atoms with Gasteiger partial charge >= 0.3 is 0 Å². The number of aromatic amines is 1. The van der Waals surface area contributed by atoms with E-state index < -0.39 is 5.54 Å². The van der Waals surface area contributed by atoms with Crippen LogP contribution in [0.15, 0.2) is 36.8 Å². The molecule has 1 heterocycles. The first kappa shape index (κ1) is 18.0. The second kappa shape index (κ2) is 7.97. The summed E-state index contributed by atoms with van der Waals surface area (Å²) in [5, 5.41) is 2.96. The topological polar surface area (TPSA) is 93.0 Å². The number of aromatic nitrogens is 2. The Bertz CT molecular complexity index is 655. The molecule has 0 aliphatic carbocycles. The molecule has 0 fully saturated rings. The van der Waals surface area contributed by atoms with Crippen LogP contribution in [0, 0.1) is 5.92 Å². The molecule has 0 bridgehead atoms. The Morgan fingerprint density at radius 1 is 1.42 bits per heavy atom. The van der Waals surface area contributed by atoms with E-state index in [1.54, 1.807) is 19.6 Å². The molecule has 0 aliphatic heterocycles. The number of para-hydroxylation sites is 1. The van der Waals surface area contributed by atoms with Crippen molar-refractivity contribution in [1.29, 1.82) is 0 Å². The third-order valence-electron chi connectivity index (χ3n) is 4.45. The van der Waals surface area contributed by atoms with E-state index in [-0.39, 0.29) is 11.8 Å². The number of hydrogen-bond donors (Lipinski definition) is 3. The molecule has 6 heteroatoms. The molecule has 6 nitrogen and oxygen atoms in total. The Morgan fingerprint density at radius 3 is 2.79 bits per heavy atom. The van der Waals surface area contributed by atoms with Gasteiger partial charge in [0.05, 0.1) is 19.0 Å². The van der Waals surface area contributed by atoms with Gasteiger partial charge in [-0.2, -0.15) is 0 Å². The number of methoxy groups -OCH3 is 1. The van der Waals surface area contributed by atoms with Crippen LogP contribution in [0.4, 0.5) is 0 Å². The van der Waals surface area contributed by atoms with Gasteiger partial charge in [0.1, 0.15) is 5.75 Å². The summed E-state index contributed by atoms with van der Waals surface area (Å²) in [4.78, 5) is 19.8. The highest BCUT2D eigenvalue weighted by molar-refractivity contribution is 5.86. The average Bonchev–Trinajstić information content (AvgIpc) is 3.11. The van der Waals surface area contributed by atoms with Crippen LogP contribution >= 0.6 is 0 Å². The fourth-order valence-corrected chi connectivity index (χ4v) is 2.62. The van der Waals surface area contributed by atoms with E-state index in [9.17, 15) is 4.79 Å². The summed E-state index contributed by atoms with van der Waals surface area (Å²) in [5.74, 6) is 0.614. The minimum atomic E-state index is -0.937. The summed E-state index contributed by atoms with van der Waals surface area (Å²) < 4.78 is 5.31. The summed E-state index contributed by atoms with van der Waals surface area (Å²) >= 11 is 0. The van der Waals surface area contributed by atoms with E-state index in [0.29, 0.717) is 19.4 Å². The van der Waals surface area contributed by atoms with Gasteiger partial charge < -0.3 is 20.8 Å². The molecule has 0 unspecified atom stereocenters. The summed E-state index contributed by atoms with van der Waals surface area (Å²) in [5.41, 5.74) is 7.42. The number of amides is 1. The lowest BCUT2D eigenvalue weighted by Crippen LogP contribution is -2.57. The van der Waals surface area contributed by atoms with Crippen molar-refractivity contribution in [3.8, 4) is 5.75 Å². The van der Waals surface area contributed by atoms with Crippen LogP contribution in [-0.4, -0.2) is 28.5 Å². The summed E-state index contributed by atoms with van der Waals surface area (Å²) in [6.45, 7) is 4.32. The molecule has 1 aromatic carbocycles. The van der Waals surface area contributed by atoms with Crippen molar-refractivity contribution in [2.45, 2.75) is 38.8 Å². The third kappa shape index (κ3) is 4.14. The Labute approximate surface area is 142 Å². The van der Waals surface area contributed by atoms with E-state index in [1.807, 2.05) is 38.1 Å². The van der Waals surface area contributed by atoms with Gasteiger partial charge in [-0.1, -0.05) is 32.0 Å². The number of nitrogens with zero attached hydrogens (tertiary/aromatic N) is 1. The molecule has 0 saturated heterocycles. The lowest BCUT2D eigenvalue weighted by Gasteiger charge is -2.32. The maximum atomic E-state index is 12.7. The third-order valence-corrected chi connectivity index (χ3v) is 4.45. The molecular weight excluding hydrogens is 304 g/mol. The molecule has 4 N–H and O–H groups in total. The maximum Gasteiger partial charge on any atom is 0.240 e. The summed E-state index contributed by atoms with van der Waals surface area (Å²) in [7, 11) is 1.62. The van der Waals surface area contributed by atoms with Crippen molar-refractivity contribution in [2.75, 3.05) is 7.11 Å². The van der Waals surface area contributed by atoms with Gasteiger partial charge in [-0.05, 0) is 24.8 Å². The number of benzene rings is 1. The first-order valence-electron chi connectivity index (χ1n) is 8.13. The zero-order chi connectivity index (χ0) is 17.6. The SMILES string of the molecule is COc1ccccc1CNC(=O)[C@](N)(CCc1cnc[nH]1)C(C)C. The van der Waals surface area contributed by atoms with Crippen molar-refractivity contribution < 1.29 is 9.53 Å². The highest BCUT2D eigenvalue weighted by atomic mass is 16.5. The monoisotopic (exact) mass is 330 g/mol. The molecule has 0 radical (unpaired) electrons. The number of carbonyl (C=O) groups excluding carboxylic acids is 1.